The van der Waals surface area contributed by atoms with Crippen LogP contribution in [0.1, 0.15) is 33.6 Å². The lowest BCUT2D eigenvalue weighted by molar-refractivity contribution is -0.151. The molecule has 5 heteroatoms. The Morgan fingerprint density at radius 2 is 1.67 bits per heavy atom. The van der Waals surface area contributed by atoms with Crippen LogP contribution in [0.15, 0.2) is 0 Å². The van der Waals surface area contributed by atoms with Gasteiger partial charge in [-0.3, -0.25) is 19.8 Å². The molecule has 0 unspecified atom stereocenters. The molecule has 100 valence electrons. The first-order valence-electron chi connectivity index (χ1n) is 6.19. The zero-order valence-electron chi connectivity index (χ0n) is 11.6. The fourth-order valence-corrected chi connectivity index (χ4v) is 3.57. The van der Waals surface area contributed by atoms with E-state index >= 15 is 0 Å². The van der Waals surface area contributed by atoms with Gasteiger partial charge in [0.05, 0.1) is 0 Å². The molecular formula is C13H20N2O3. The summed E-state index contributed by atoms with van der Waals surface area (Å²) in [5.74, 6) is -1.25. The molecule has 0 aromatic rings. The van der Waals surface area contributed by atoms with E-state index in [1.165, 1.54) is 5.01 Å². The molecule has 1 amide bonds. The smallest absolute Gasteiger partial charge is 0.249 e. The highest BCUT2D eigenvalue weighted by molar-refractivity contribution is 6.48. The predicted octanol–water partition coefficient (Wildman–Crippen LogP) is 0.544. The molecule has 2 saturated carbocycles. The molecule has 2 aliphatic rings. The molecule has 18 heavy (non-hydrogen) atoms. The molecule has 0 aromatic carbocycles. The monoisotopic (exact) mass is 252 g/mol. The van der Waals surface area contributed by atoms with Crippen LogP contribution in [0.25, 0.3) is 0 Å². The van der Waals surface area contributed by atoms with Gasteiger partial charge in [0.25, 0.3) is 0 Å². The van der Waals surface area contributed by atoms with Crippen molar-refractivity contribution < 1.29 is 14.4 Å². The van der Waals surface area contributed by atoms with E-state index in [2.05, 4.69) is 5.43 Å². The lowest BCUT2D eigenvalue weighted by Crippen LogP contribution is -2.53. The van der Waals surface area contributed by atoms with Gasteiger partial charge in [-0.25, -0.2) is 5.01 Å². The number of hydrogen-bond acceptors (Lipinski definition) is 4. The highest BCUT2D eigenvalue weighted by Gasteiger charge is 2.77. The van der Waals surface area contributed by atoms with E-state index < -0.39 is 22.0 Å². The molecule has 1 N–H and O–H groups in total. The summed E-state index contributed by atoms with van der Waals surface area (Å²) in [6.45, 7) is 5.53. The van der Waals surface area contributed by atoms with Crippen molar-refractivity contribution in [2.75, 3.05) is 14.1 Å². The van der Waals surface area contributed by atoms with E-state index in [0.717, 1.165) is 0 Å². The lowest BCUT2D eigenvalue weighted by atomic mass is 9.64. The van der Waals surface area contributed by atoms with Crippen LogP contribution in [-0.2, 0) is 14.4 Å². The zero-order valence-corrected chi connectivity index (χ0v) is 11.6. The normalized spacial score (nSPS) is 37.4. The highest BCUT2D eigenvalue weighted by atomic mass is 16.2. The maximum atomic E-state index is 12.4. The maximum absolute atomic E-state index is 12.4. The first-order valence-corrected chi connectivity index (χ1v) is 6.19. The minimum atomic E-state index is -1.19. The Labute approximate surface area is 107 Å². The van der Waals surface area contributed by atoms with Crippen molar-refractivity contribution >= 4 is 17.5 Å². The minimum absolute atomic E-state index is 0.350. The van der Waals surface area contributed by atoms with Crippen molar-refractivity contribution in [1.29, 1.82) is 0 Å². The van der Waals surface area contributed by atoms with Gasteiger partial charge in [-0.1, -0.05) is 20.8 Å². The largest absolute Gasteiger partial charge is 0.290 e. The van der Waals surface area contributed by atoms with Crippen molar-refractivity contribution in [3.63, 3.8) is 0 Å². The molecule has 5 nitrogen and oxygen atoms in total. The van der Waals surface area contributed by atoms with Crippen molar-refractivity contribution in [3.05, 3.63) is 0 Å². The molecule has 2 bridgehead atoms. The number of fused-ring (bicyclic) bond motifs is 2. The Kier molecular flexibility index (Phi) is 2.50. The van der Waals surface area contributed by atoms with Gasteiger partial charge in [0.15, 0.2) is 0 Å². The number of amides is 1. The quantitative estimate of drug-likeness (QED) is 0.442. The van der Waals surface area contributed by atoms with Gasteiger partial charge in [0, 0.05) is 19.5 Å². The summed E-state index contributed by atoms with van der Waals surface area (Å²) in [5.41, 5.74) is 0.126. The third kappa shape index (κ3) is 1.13. The van der Waals surface area contributed by atoms with Crippen molar-refractivity contribution in [3.8, 4) is 0 Å². The van der Waals surface area contributed by atoms with Crippen molar-refractivity contribution in [1.82, 2.24) is 10.4 Å². The molecule has 0 saturated heterocycles. The third-order valence-corrected chi connectivity index (χ3v) is 5.25. The molecule has 2 fully saturated rings. The second kappa shape index (κ2) is 3.41. The Morgan fingerprint density at radius 3 is 2.06 bits per heavy atom. The van der Waals surface area contributed by atoms with Crippen LogP contribution in [0.5, 0.6) is 0 Å². The molecule has 2 atom stereocenters. The molecule has 0 aliphatic heterocycles. The summed E-state index contributed by atoms with van der Waals surface area (Å²) < 4.78 is 0. The standard InChI is InChI=1S/C13H20N2O3/c1-11(2)12(3)6-7-13(11,9(17)8(12)16)10(18)14-15(4)5/h6-7H2,1-5H3,(H,14,18)/t12-,13+/m1/s1. The van der Waals surface area contributed by atoms with E-state index in [-0.39, 0.29) is 11.7 Å². The number of nitrogens with zero attached hydrogens (tertiary/aromatic N) is 1. The highest BCUT2D eigenvalue weighted by Crippen LogP contribution is 2.68. The summed E-state index contributed by atoms with van der Waals surface area (Å²) in [6, 6.07) is 0. The SMILES string of the molecule is CN(C)NC(=O)[C@]12CC[C@](C)(C(=O)C1=O)C2(C)C. The van der Waals surface area contributed by atoms with Crippen LogP contribution in [-0.4, -0.2) is 36.6 Å². The minimum Gasteiger partial charge on any atom is -0.290 e. The Bertz CT molecular complexity index is 455. The number of nitrogens with one attached hydrogen (secondary N) is 1. The van der Waals surface area contributed by atoms with Gasteiger partial charge in [-0.05, 0) is 18.3 Å². The van der Waals surface area contributed by atoms with Crippen molar-refractivity contribution in [2.24, 2.45) is 16.2 Å². The van der Waals surface area contributed by atoms with E-state index in [1.54, 1.807) is 14.1 Å². The van der Waals surface area contributed by atoms with Gasteiger partial charge in [-0.2, -0.15) is 0 Å². The maximum Gasteiger partial charge on any atom is 0.249 e. The van der Waals surface area contributed by atoms with Crippen LogP contribution in [0.2, 0.25) is 0 Å². The summed E-state index contributed by atoms with van der Waals surface area (Å²) in [5, 5.41) is 1.51. The summed E-state index contributed by atoms with van der Waals surface area (Å²) in [4.78, 5) is 36.9. The number of carbonyl (C=O) groups excluding carboxylic acids is 3. The molecule has 0 spiro atoms. The Morgan fingerprint density at radius 1 is 1.11 bits per heavy atom. The number of carbonyl (C=O) groups is 3. The Hall–Kier alpha value is -1.23. The second-order valence-corrected chi connectivity index (χ2v) is 6.36. The van der Waals surface area contributed by atoms with Crippen molar-refractivity contribution in [2.45, 2.75) is 33.6 Å². The average molecular weight is 252 g/mol. The number of Topliss-reactive ketones (excluding diaryl/α,β-unsaturated/α-hetero) is 2. The Balaban J connectivity index is 2.53. The van der Waals surface area contributed by atoms with E-state index in [9.17, 15) is 14.4 Å². The number of hydrazine groups is 1. The molecule has 2 aliphatic carbocycles. The van der Waals surface area contributed by atoms with E-state index in [4.69, 9.17) is 0 Å². The van der Waals surface area contributed by atoms with Gasteiger partial charge < -0.3 is 0 Å². The van der Waals surface area contributed by atoms with Crippen LogP contribution >= 0.6 is 0 Å². The van der Waals surface area contributed by atoms with E-state index in [1.807, 2.05) is 20.8 Å². The topological polar surface area (TPSA) is 66.5 Å². The van der Waals surface area contributed by atoms with Crippen LogP contribution in [0.4, 0.5) is 0 Å². The lowest BCUT2D eigenvalue weighted by Gasteiger charge is -2.37. The first kappa shape index (κ1) is 13.2. The predicted molar refractivity (Wildman–Crippen MR) is 65.4 cm³/mol. The molecule has 0 heterocycles. The summed E-state index contributed by atoms with van der Waals surface area (Å²) in [6.07, 6.45) is 1.06. The van der Waals surface area contributed by atoms with Crippen LogP contribution in [0, 0.1) is 16.2 Å². The first-order chi connectivity index (χ1) is 8.11. The number of ketones is 2. The van der Waals surface area contributed by atoms with Crippen LogP contribution < -0.4 is 5.43 Å². The molecule has 0 aromatic heterocycles. The fraction of sp³-hybridized carbons (Fsp3) is 0.769. The second-order valence-electron chi connectivity index (χ2n) is 6.36. The van der Waals surface area contributed by atoms with Gasteiger partial charge in [-0.15, -0.1) is 0 Å². The summed E-state index contributed by atoms with van der Waals surface area (Å²) >= 11 is 0. The fourth-order valence-electron chi connectivity index (χ4n) is 3.57. The summed E-state index contributed by atoms with van der Waals surface area (Å²) in [7, 11) is 3.38. The van der Waals surface area contributed by atoms with Gasteiger partial charge >= 0.3 is 0 Å². The molecular weight excluding hydrogens is 232 g/mol. The van der Waals surface area contributed by atoms with Crippen LogP contribution in [0.3, 0.4) is 0 Å². The zero-order chi connectivity index (χ0) is 13.9. The molecule has 0 radical (unpaired) electrons. The number of rotatable bonds is 2. The van der Waals surface area contributed by atoms with E-state index in [0.29, 0.717) is 12.8 Å². The third-order valence-electron chi connectivity index (χ3n) is 5.25. The molecule has 2 rings (SSSR count). The average Bonchev–Trinajstić information content (AvgIpc) is 2.51. The van der Waals surface area contributed by atoms with Gasteiger partial charge in [0.1, 0.15) is 5.41 Å². The number of hydrogen-bond donors (Lipinski definition) is 1. The van der Waals surface area contributed by atoms with Gasteiger partial charge in [0.2, 0.25) is 17.5 Å².